The molecule has 1 unspecified atom stereocenters. The molecule has 0 aromatic heterocycles. The van der Waals surface area contributed by atoms with Crippen LogP contribution < -0.4 is 0 Å². The van der Waals surface area contributed by atoms with E-state index in [1.54, 1.807) is 0 Å². The molecule has 2 aliphatic carbocycles. The molecule has 1 N–H and O–H groups in total. The van der Waals surface area contributed by atoms with Crippen LogP contribution in [-0.2, 0) is 5.41 Å². The van der Waals surface area contributed by atoms with E-state index in [9.17, 15) is 5.11 Å². The highest BCUT2D eigenvalue weighted by atomic mass is 16.3. The Morgan fingerprint density at radius 1 is 0.917 bits per heavy atom. The smallest absolute Gasteiger partial charge is 0.0677 e. The lowest BCUT2D eigenvalue weighted by Gasteiger charge is -2.27. The summed E-state index contributed by atoms with van der Waals surface area (Å²) in [6, 6.07) is 15.6. The molecule has 2 atom stereocenters. The van der Waals surface area contributed by atoms with Crippen molar-refractivity contribution in [3.8, 4) is 11.1 Å². The van der Waals surface area contributed by atoms with Crippen LogP contribution in [0.5, 0.6) is 0 Å². The molecule has 0 radical (unpaired) electrons. The van der Waals surface area contributed by atoms with Gasteiger partial charge in [0.15, 0.2) is 0 Å². The second-order valence-corrected chi connectivity index (χ2v) is 8.65. The van der Waals surface area contributed by atoms with Crippen LogP contribution in [0.3, 0.4) is 0 Å². The fourth-order valence-electron chi connectivity index (χ4n) is 4.65. The topological polar surface area (TPSA) is 20.2 Å². The van der Waals surface area contributed by atoms with Gasteiger partial charge >= 0.3 is 0 Å². The number of rotatable bonds is 2. The monoisotopic (exact) mass is 320 g/mol. The van der Waals surface area contributed by atoms with Crippen LogP contribution in [0.1, 0.15) is 69.1 Å². The Labute approximate surface area is 145 Å². The molecule has 0 spiro atoms. The molecule has 4 rings (SSSR count). The van der Waals surface area contributed by atoms with Crippen molar-refractivity contribution >= 4 is 0 Å². The Bertz CT molecular complexity index is 747. The first-order chi connectivity index (χ1) is 11.5. The summed E-state index contributed by atoms with van der Waals surface area (Å²) in [6.07, 6.45) is 4.63. The van der Waals surface area contributed by atoms with Crippen LogP contribution in [0.25, 0.3) is 11.1 Å². The van der Waals surface area contributed by atoms with Gasteiger partial charge in [0.05, 0.1) is 6.10 Å². The van der Waals surface area contributed by atoms with E-state index in [1.807, 2.05) is 0 Å². The predicted molar refractivity (Wildman–Crippen MR) is 100 cm³/mol. The van der Waals surface area contributed by atoms with E-state index in [0.717, 1.165) is 0 Å². The highest BCUT2D eigenvalue weighted by Crippen LogP contribution is 2.50. The van der Waals surface area contributed by atoms with Crippen LogP contribution in [-0.4, -0.2) is 11.2 Å². The Hall–Kier alpha value is -1.60. The van der Waals surface area contributed by atoms with Crippen molar-refractivity contribution in [3.05, 3.63) is 59.2 Å². The zero-order valence-electron chi connectivity index (χ0n) is 15.0. The van der Waals surface area contributed by atoms with E-state index in [2.05, 4.69) is 63.2 Å². The number of hydrogen-bond acceptors (Lipinski definition) is 1. The van der Waals surface area contributed by atoms with Gasteiger partial charge in [-0.2, -0.15) is 0 Å². The third-order valence-corrected chi connectivity index (χ3v) is 6.06. The Balaban J connectivity index is 1.84. The van der Waals surface area contributed by atoms with Crippen LogP contribution in [0.4, 0.5) is 0 Å². The lowest BCUT2D eigenvalue weighted by atomic mass is 9.80. The standard InChI is InChI=1S/C23H28O/c1-23(2,3)16-12-13-18-17-10-6-7-11-19(17)21(20(18)14-16)22(24)15-8-4-5-9-15/h6-7,10-15,21-22,24H,4-5,8-9H2,1-3H3/t21?,22-/m0/s1. The third-order valence-electron chi connectivity index (χ3n) is 6.06. The van der Waals surface area contributed by atoms with Gasteiger partial charge in [-0.25, -0.2) is 0 Å². The van der Waals surface area contributed by atoms with Gasteiger partial charge in [-0.1, -0.05) is 76.1 Å². The van der Waals surface area contributed by atoms with Crippen molar-refractivity contribution in [1.29, 1.82) is 0 Å². The normalized spacial score (nSPS) is 21.6. The van der Waals surface area contributed by atoms with E-state index >= 15 is 0 Å². The summed E-state index contributed by atoms with van der Waals surface area (Å²) in [5.41, 5.74) is 6.78. The first-order valence-electron chi connectivity index (χ1n) is 9.38. The zero-order valence-corrected chi connectivity index (χ0v) is 15.0. The molecule has 0 amide bonds. The molecule has 0 saturated heterocycles. The number of aliphatic hydroxyl groups is 1. The fourth-order valence-corrected chi connectivity index (χ4v) is 4.65. The Morgan fingerprint density at radius 2 is 1.58 bits per heavy atom. The maximum Gasteiger partial charge on any atom is 0.0677 e. The summed E-state index contributed by atoms with van der Waals surface area (Å²) in [5.74, 6) is 0.592. The molecule has 24 heavy (non-hydrogen) atoms. The molecule has 2 aliphatic rings. The van der Waals surface area contributed by atoms with Crippen molar-refractivity contribution in [2.24, 2.45) is 5.92 Å². The van der Waals surface area contributed by atoms with Crippen molar-refractivity contribution < 1.29 is 5.11 Å². The predicted octanol–water partition coefficient (Wildman–Crippen LogP) is 5.65. The average Bonchev–Trinajstić information content (AvgIpc) is 3.19. The van der Waals surface area contributed by atoms with Gasteiger partial charge in [-0.15, -0.1) is 0 Å². The van der Waals surface area contributed by atoms with Gasteiger partial charge in [0.2, 0.25) is 0 Å². The van der Waals surface area contributed by atoms with Gasteiger partial charge in [0.25, 0.3) is 0 Å². The quantitative estimate of drug-likeness (QED) is 0.758. The third kappa shape index (κ3) is 2.50. The maximum absolute atomic E-state index is 11.2. The van der Waals surface area contributed by atoms with Crippen LogP contribution >= 0.6 is 0 Å². The van der Waals surface area contributed by atoms with E-state index in [-0.39, 0.29) is 17.4 Å². The molecule has 1 fully saturated rings. The summed E-state index contributed by atoms with van der Waals surface area (Å²) in [6.45, 7) is 6.79. The summed E-state index contributed by atoms with van der Waals surface area (Å²) < 4.78 is 0. The number of hydrogen-bond donors (Lipinski definition) is 1. The summed E-state index contributed by atoms with van der Waals surface area (Å²) >= 11 is 0. The lowest BCUT2D eigenvalue weighted by Crippen LogP contribution is -2.26. The summed E-state index contributed by atoms with van der Waals surface area (Å²) in [7, 11) is 0. The molecule has 1 nitrogen and oxygen atoms in total. The summed E-state index contributed by atoms with van der Waals surface area (Å²) in [5, 5.41) is 11.2. The van der Waals surface area contributed by atoms with Crippen molar-refractivity contribution in [2.45, 2.75) is 63.9 Å². The fraction of sp³-hybridized carbons (Fsp3) is 0.478. The van der Waals surface area contributed by atoms with Gasteiger partial charge < -0.3 is 5.11 Å². The minimum Gasteiger partial charge on any atom is -0.392 e. The first-order valence-corrected chi connectivity index (χ1v) is 9.38. The maximum atomic E-state index is 11.2. The van der Waals surface area contributed by atoms with Crippen molar-refractivity contribution in [2.75, 3.05) is 0 Å². The highest BCUT2D eigenvalue weighted by Gasteiger charge is 2.38. The number of fused-ring (bicyclic) bond motifs is 3. The zero-order chi connectivity index (χ0) is 16.9. The van der Waals surface area contributed by atoms with Crippen molar-refractivity contribution in [3.63, 3.8) is 0 Å². The van der Waals surface area contributed by atoms with E-state index in [0.29, 0.717) is 5.92 Å². The molecule has 2 aromatic rings. The van der Waals surface area contributed by atoms with Gasteiger partial charge in [-0.3, -0.25) is 0 Å². The van der Waals surface area contributed by atoms with E-state index in [4.69, 9.17) is 0 Å². The molecule has 0 heterocycles. The molecule has 1 heteroatoms. The Morgan fingerprint density at radius 3 is 2.29 bits per heavy atom. The first kappa shape index (κ1) is 15.9. The minimum absolute atomic E-state index is 0.132. The second-order valence-electron chi connectivity index (χ2n) is 8.65. The SMILES string of the molecule is CC(C)(C)c1ccc2c(c1)C([C@@H](O)C1CCCC1)c1ccccc1-2. The van der Waals surface area contributed by atoms with Crippen LogP contribution in [0, 0.1) is 5.92 Å². The Kier molecular flexibility index (Phi) is 3.80. The van der Waals surface area contributed by atoms with E-state index < -0.39 is 0 Å². The van der Waals surface area contributed by atoms with Gasteiger partial charge in [0.1, 0.15) is 0 Å². The second kappa shape index (κ2) is 5.74. The highest BCUT2D eigenvalue weighted by molar-refractivity contribution is 5.79. The molecular formula is C23H28O. The minimum atomic E-state index is -0.259. The average molecular weight is 320 g/mol. The van der Waals surface area contributed by atoms with Crippen LogP contribution in [0.2, 0.25) is 0 Å². The molecule has 0 bridgehead atoms. The molecule has 126 valence electrons. The molecule has 2 aromatic carbocycles. The molecule has 1 saturated carbocycles. The van der Waals surface area contributed by atoms with Crippen molar-refractivity contribution in [1.82, 2.24) is 0 Å². The molecular weight excluding hydrogens is 292 g/mol. The number of aliphatic hydroxyl groups excluding tert-OH is 1. The largest absolute Gasteiger partial charge is 0.392 e. The van der Waals surface area contributed by atoms with Gasteiger partial charge in [-0.05, 0) is 52.0 Å². The van der Waals surface area contributed by atoms with E-state index in [1.165, 1.54) is 53.5 Å². The van der Waals surface area contributed by atoms with Gasteiger partial charge in [0, 0.05) is 5.92 Å². The number of benzene rings is 2. The summed E-state index contributed by atoms with van der Waals surface area (Å²) in [4.78, 5) is 0. The molecule has 0 aliphatic heterocycles. The van der Waals surface area contributed by atoms with Crippen LogP contribution in [0.15, 0.2) is 42.5 Å². The lowest BCUT2D eigenvalue weighted by molar-refractivity contribution is 0.0957.